The summed E-state index contributed by atoms with van der Waals surface area (Å²) in [6, 6.07) is 18.8. The molecule has 178 valence electrons. The molecule has 0 spiro atoms. The lowest BCUT2D eigenvalue weighted by molar-refractivity contribution is -0.138. The first-order chi connectivity index (χ1) is 16.7. The van der Waals surface area contributed by atoms with Gasteiger partial charge in [0, 0.05) is 24.6 Å². The third-order valence-corrected chi connectivity index (χ3v) is 7.44. The minimum absolute atomic E-state index is 0.145. The lowest BCUT2D eigenvalue weighted by Gasteiger charge is -2.37. The van der Waals surface area contributed by atoms with Crippen molar-refractivity contribution in [2.75, 3.05) is 26.2 Å². The molecule has 1 amide bonds. The molecule has 2 aliphatic heterocycles. The predicted octanol–water partition coefficient (Wildman–Crippen LogP) is 4.74. The van der Waals surface area contributed by atoms with Gasteiger partial charge in [-0.2, -0.15) is 4.98 Å². The summed E-state index contributed by atoms with van der Waals surface area (Å²) in [4.78, 5) is 22.2. The van der Waals surface area contributed by atoms with Crippen LogP contribution in [-0.2, 0) is 17.8 Å². The van der Waals surface area contributed by atoms with Crippen molar-refractivity contribution in [2.45, 2.75) is 45.6 Å². The standard InChI is InChI=1S/C28H34N4O2/c1-21-7-5-6-10-25(21)27-29-26(34-30-27)20-31-15-13-24(14-16-31)28(33)32-17-11-23(12-18-32)19-22-8-3-2-4-9-22/h2-10,23-24H,11-20H2,1H3. The van der Waals surface area contributed by atoms with Crippen molar-refractivity contribution in [2.24, 2.45) is 11.8 Å². The van der Waals surface area contributed by atoms with Gasteiger partial charge in [0.25, 0.3) is 0 Å². The van der Waals surface area contributed by atoms with E-state index in [0.717, 1.165) is 69.4 Å². The summed E-state index contributed by atoms with van der Waals surface area (Å²) < 4.78 is 5.52. The molecule has 2 fully saturated rings. The number of aryl methyl sites for hydroxylation is 1. The molecule has 0 radical (unpaired) electrons. The van der Waals surface area contributed by atoms with Gasteiger partial charge in [-0.15, -0.1) is 0 Å². The van der Waals surface area contributed by atoms with Gasteiger partial charge in [-0.25, -0.2) is 0 Å². The summed E-state index contributed by atoms with van der Waals surface area (Å²) in [5.74, 6) is 2.48. The molecule has 0 bridgehead atoms. The van der Waals surface area contributed by atoms with Crippen LogP contribution in [0.3, 0.4) is 0 Å². The van der Waals surface area contributed by atoms with E-state index < -0.39 is 0 Å². The quantitative estimate of drug-likeness (QED) is 0.534. The molecule has 3 heterocycles. The van der Waals surface area contributed by atoms with Crippen molar-refractivity contribution in [1.82, 2.24) is 19.9 Å². The van der Waals surface area contributed by atoms with E-state index in [1.165, 1.54) is 5.56 Å². The topological polar surface area (TPSA) is 62.5 Å². The number of benzene rings is 2. The fourth-order valence-electron chi connectivity index (χ4n) is 5.34. The van der Waals surface area contributed by atoms with Crippen molar-refractivity contribution in [3.63, 3.8) is 0 Å². The van der Waals surface area contributed by atoms with Crippen molar-refractivity contribution in [3.8, 4) is 11.4 Å². The molecule has 0 N–H and O–H groups in total. The third kappa shape index (κ3) is 5.39. The zero-order valence-corrected chi connectivity index (χ0v) is 20.0. The number of hydrogen-bond acceptors (Lipinski definition) is 5. The third-order valence-electron chi connectivity index (χ3n) is 7.44. The van der Waals surface area contributed by atoms with Crippen LogP contribution in [0.25, 0.3) is 11.4 Å². The van der Waals surface area contributed by atoms with E-state index in [1.54, 1.807) is 0 Å². The SMILES string of the molecule is Cc1ccccc1-c1noc(CN2CCC(C(=O)N3CCC(Cc4ccccc4)CC3)CC2)n1. The lowest BCUT2D eigenvalue weighted by atomic mass is 9.88. The van der Waals surface area contributed by atoms with E-state index in [2.05, 4.69) is 63.3 Å². The van der Waals surface area contributed by atoms with Gasteiger partial charge in [0.15, 0.2) is 0 Å². The monoisotopic (exact) mass is 458 g/mol. The van der Waals surface area contributed by atoms with Crippen LogP contribution in [0.15, 0.2) is 59.1 Å². The van der Waals surface area contributed by atoms with Gasteiger partial charge in [-0.05, 0) is 69.2 Å². The number of carbonyl (C=O) groups excluding carboxylic acids is 1. The van der Waals surface area contributed by atoms with Crippen LogP contribution in [-0.4, -0.2) is 52.0 Å². The van der Waals surface area contributed by atoms with Crippen LogP contribution >= 0.6 is 0 Å². The van der Waals surface area contributed by atoms with Gasteiger partial charge in [0.1, 0.15) is 0 Å². The molecule has 6 nitrogen and oxygen atoms in total. The maximum atomic E-state index is 13.1. The average molecular weight is 459 g/mol. The summed E-state index contributed by atoms with van der Waals surface area (Å²) >= 11 is 0. The van der Waals surface area contributed by atoms with Crippen LogP contribution in [0.2, 0.25) is 0 Å². The fourth-order valence-corrected chi connectivity index (χ4v) is 5.34. The lowest BCUT2D eigenvalue weighted by Crippen LogP contribution is -2.45. The summed E-state index contributed by atoms with van der Waals surface area (Å²) in [7, 11) is 0. The second kappa shape index (κ2) is 10.5. The fraction of sp³-hybridized carbons (Fsp3) is 0.464. The Labute approximate surface area is 202 Å². The number of nitrogens with zero attached hydrogens (tertiary/aromatic N) is 4. The van der Waals surface area contributed by atoms with Crippen molar-refractivity contribution >= 4 is 5.91 Å². The van der Waals surface area contributed by atoms with Gasteiger partial charge in [0.05, 0.1) is 6.54 Å². The van der Waals surface area contributed by atoms with Gasteiger partial charge < -0.3 is 9.42 Å². The molecular formula is C28H34N4O2. The highest BCUT2D eigenvalue weighted by atomic mass is 16.5. The predicted molar refractivity (Wildman–Crippen MR) is 132 cm³/mol. The maximum absolute atomic E-state index is 13.1. The molecule has 0 atom stereocenters. The minimum Gasteiger partial charge on any atom is -0.342 e. The second-order valence-corrected chi connectivity index (χ2v) is 9.84. The summed E-state index contributed by atoms with van der Waals surface area (Å²) in [5.41, 5.74) is 3.56. The van der Waals surface area contributed by atoms with Crippen molar-refractivity contribution < 1.29 is 9.32 Å². The van der Waals surface area contributed by atoms with E-state index in [4.69, 9.17) is 4.52 Å². The largest absolute Gasteiger partial charge is 0.342 e. The van der Waals surface area contributed by atoms with Gasteiger partial charge in [0.2, 0.25) is 17.6 Å². The summed E-state index contributed by atoms with van der Waals surface area (Å²) in [6.07, 6.45) is 5.16. The molecule has 2 aromatic carbocycles. The molecule has 34 heavy (non-hydrogen) atoms. The number of piperidine rings is 2. The van der Waals surface area contributed by atoms with Crippen LogP contribution in [0, 0.1) is 18.8 Å². The molecule has 6 heteroatoms. The first kappa shape index (κ1) is 22.8. The Morgan fingerprint density at radius 3 is 2.38 bits per heavy atom. The number of hydrogen-bond donors (Lipinski definition) is 0. The van der Waals surface area contributed by atoms with E-state index in [-0.39, 0.29) is 5.92 Å². The smallest absolute Gasteiger partial charge is 0.241 e. The van der Waals surface area contributed by atoms with E-state index in [9.17, 15) is 4.79 Å². The Morgan fingerprint density at radius 2 is 1.65 bits per heavy atom. The Balaban J connectivity index is 1.07. The molecular weight excluding hydrogens is 424 g/mol. The first-order valence-electron chi connectivity index (χ1n) is 12.6. The molecule has 3 aromatic rings. The summed E-state index contributed by atoms with van der Waals surface area (Å²) in [6.45, 7) is 6.29. The average Bonchev–Trinajstić information content (AvgIpc) is 3.34. The van der Waals surface area contributed by atoms with Gasteiger partial charge in [-0.3, -0.25) is 9.69 Å². The van der Waals surface area contributed by atoms with Crippen LogP contribution in [0.4, 0.5) is 0 Å². The molecule has 5 rings (SSSR count). The number of likely N-dealkylation sites (tertiary alicyclic amines) is 2. The highest BCUT2D eigenvalue weighted by Gasteiger charge is 2.31. The minimum atomic E-state index is 0.145. The first-order valence-corrected chi connectivity index (χ1v) is 12.6. The molecule has 0 unspecified atom stereocenters. The molecule has 1 aromatic heterocycles. The number of amides is 1. The van der Waals surface area contributed by atoms with Crippen molar-refractivity contribution in [1.29, 1.82) is 0 Å². The highest BCUT2D eigenvalue weighted by molar-refractivity contribution is 5.79. The number of aromatic nitrogens is 2. The summed E-state index contributed by atoms with van der Waals surface area (Å²) in [5, 5.41) is 4.18. The Morgan fingerprint density at radius 1 is 0.941 bits per heavy atom. The number of rotatable bonds is 6. The Hall–Kier alpha value is -2.99. The Bertz CT molecular complexity index is 1080. The van der Waals surface area contributed by atoms with Crippen LogP contribution in [0.1, 0.15) is 42.7 Å². The highest BCUT2D eigenvalue weighted by Crippen LogP contribution is 2.27. The van der Waals surface area contributed by atoms with E-state index in [1.807, 2.05) is 18.2 Å². The van der Waals surface area contributed by atoms with Crippen molar-refractivity contribution in [3.05, 3.63) is 71.6 Å². The zero-order chi connectivity index (χ0) is 23.3. The number of carbonyl (C=O) groups is 1. The molecule has 0 saturated carbocycles. The van der Waals surface area contributed by atoms with Crippen LogP contribution < -0.4 is 0 Å². The van der Waals surface area contributed by atoms with E-state index >= 15 is 0 Å². The maximum Gasteiger partial charge on any atom is 0.241 e. The Kier molecular flexibility index (Phi) is 7.05. The molecule has 2 saturated heterocycles. The van der Waals surface area contributed by atoms with Gasteiger partial charge >= 0.3 is 0 Å². The molecule has 2 aliphatic rings. The van der Waals surface area contributed by atoms with E-state index in [0.29, 0.717) is 30.1 Å². The van der Waals surface area contributed by atoms with Crippen LogP contribution in [0.5, 0.6) is 0 Å². The van der Waals surface area contributed by atoms with Gasteiger partial charge in [-0.1, -0.05) is 59.8 Å². The molecule has 0 aliphatic carbocycles. The second-order valence-electron chi connectivity index (χ2n) is 9.84. The normalized spacial score (nSPS) is 18.3. The zero-order valence-electron chi connectivity index (χ0n) is 20.0.